The summed E-state index contributed by atoms with van der Waals surface area (Å²) in [5.74, 6) is 0.0830. The third-order valence-corrected chi connectivity index (χ3v) is 4.22. The summed E-state index contributed by atoms with van der Waals surface area (Å²) in [7, 11) is 0. The molecule has 0 spiro atoms. The van der Waals surface area contributed by atoms with Crippen molar-refractivity contribution in [1.29, 1.82) is 0 Å². The normalized spacial score (nSPS) is 13.0. The van der Waals surface area contributed by atoms with Gasteiger partial charge in [-0.2, -0.15) is 0 Å². The van der Waals surface area contributed by atoms with Crippen molar-refractivity contribution in [3.63, 3.8) is 0 Å². The number of halogens is 3. The second kappa shape index (κ2) is 11.3. The van der Waals surface area contributed by atoms with E-state index in [1.165, 1.54) is 44.4 Å². The SMILES string of the molecule is CCCCCCCC(CCCCC)c1ccc(OC(F)(F)F)cn1. The number of rotatable bonds is 12. The first-order valence-corrected chi connectivity index (χ1v) is 9.18. The predicted octanol–water partition coefficient (Wildman–Crippen LogP) is 7.00. The van der Waals surface area contributed by atoms with Crippen molar-refractivity contribution >= 4 is 0 Å². The second-order valence-corrected chi connectivity index (χ2v) is 6.36. The molecule has 1 rings (SSSR count). The van der Waals surface area contributed by atoms with Crippen molar-refractivity contribution in [2.75, 3.05) is 0 Å². The van der Waals surface area contributed by atoms with Gasteiger partial charge in [0.05, 0.1) is 6.20 Å². The number of alkyl halides is 3. The molecular weight excluding hydrogens is 315 g/mol. The molecule has 0 radical (unpaired) electrons. The maximum Gasteiger partial charge on any atom is 0.573 e. The van der Waals surface area contributed by atoms with Crippen LogP contribution in [0.5, 0.6) is 5.75 Å². The van der Waals surface area contributed by atoms with Crippen LogP contribution in [0.1, 0.15) is 89.7 Å². The fraction of sp³-hybridized carbons (Fsp3) is 0.737. The monoisotopic (exact) mass is 345 g/mol. The Balaban J connectivity index is 2.60. The van der Waals surface area contributed by atoms with Crippen molar-refractivity contribution in [3.8, 4) is 5.75 Å². The van der Waals surface area contributed by atoms with E-state index in [9.17, 15) is 13.2 Å². The van der Waals surface area contributed by atoms with Crippen LogP contribution in [0.3, 0.4) is 0 Å². The molecule has 2 nitrogen and oxygen atoms in total. The molecule has 1 atom stereocenters. The summed E-state index contributed by atoms with van der Waals surface area (Å²) in [6, 6.07) is 3.06. The molecule has 0 aliphatic rings. The Morgan fingerprint density at radius 2 is 1.50 bits per heavy atom. The zero-order chi connectivity index (χ0) is 17.8. The molecule has 1 unspecified atom stereocenters. The highest BCUT2D eigenvalue weighted by molar-refractivity contribution is 5.22. The Morgan fingerprint density at radius 1 is 0.917 bits per heavy atom. The van der Waals surface area contributed by atoms with Gasteiger partial charge >= 0.3 is 6.36 Å². The van der Waals surface area contributed by atoms with Gasteiger partial charge in [0.25, 0.3) is 0 Å². The Bertz CT molecular complexity index is 431. The number of unbranched alkanes of at least 4 members (excludes halogenated alkanes) is 6. The Labute approximate surface area is 143 Å². The van der Waals surface area contributed by atoms with Crippen molar-refractivity contribution in [3.05, 3.63) is 24.0 Å². The lowest BCUT2D eigenvalue weighted by Crippen LogP contribution is -2.17. The number of nitrogens with zero attached hydrogens (tertiary/aromatic N) is 1. The van der Waals surface area contributed by atoms with Gasteiger partial charge < -0.3 is 4.74 Å². The summed E-state index contributed by atoms with van der Waals surface area (Å²) in [6.07, 6.45) is 8.22. The maximum absolute atomic E-state index is 12.2. The second-order valence-electron chi connectivity index (χ2n) is 6.36. The molecule has 1 aromatic rings. The molecule has 0 saturated carbocycles. The molecule has 0 aliphatic heterocycles. The Kier molecular flexibility index (Phi) is 9.80. The lowest BCUT2D eigenvalue weighted by Gasteiger charge is -2.17. The van der Waals surface area contributed by atoms with Gasteiger partial charge in [0.2, 0.25) is 0 Å². The Hall–Kier alpha value is -1.26. The molecule has 0 saturated heterocycles. The zero-order valence-electron chi connectivity index (χ0n) is 14.9. The highest BCUT2D eigenvalue weighted by atomic mass is 19.4. The van der Waals surface area contributed by atoms with E-state index in [4.69, 9.17) is 0 Å². The van der Waals surface area contributed by atoms with Gasteiger partial charge in [-0.25, -0.2) is 0 Å². The molecule has 5 heteroatoms. The van der Waals surface area contributed by atoms with E-state index in [0.29, 0.717) is 5.92 Å². The van der Waals surface area contributed by atoms with E-state index in [2.05, 4.69) is 23.6 Å². The van der Waals surface area contributed by atoms with Crippen LogP contribution in [0.25, 0.3) is 0 Å². The molecule has 0 amide bonds. The zero-order valence-corrected chi connectivity index (χ0v) is 14.9. The highest BCUT2D eigenvalue weighted by Crippen LogP contribution is 2.29. The van der Waals surface area contributed by atoms with E-state index in [1.807, 2.05) is 0 Å². The topological polar surface area (TPSA) is 22.1 Å². The molecule has 0 N–H and O–H groups in total. The fourth-order valence-corrected chi connectivity index (χ4v) is 2.90. The first-order chi connectivity index (χ1) is 11.5. The van der Waals surface area contributed by atoms with E-state index < -0.39 is 6.36 Å². The van der Waals surface area contributed by atoms with Crippen LogP contribution in [0.4, 0.5) is 13.2 Å². The number of ether oxygens (including phenoxy) is 1. The average Bonchev–Trinajstić information content (AvgIpc) is 2.52. The van der Waals surface area contributed by atoms with Gasteiger partial charge in [0.1, 0.15) is 5.75 Å². The first kappa shape index (κ1) is 20.8. The van der Waals surface area contributed by atoms with Gasteiger partial charge in [-0.05, 0) is 25.0 Å². The van der Waals surface area contributed by atoms with Crippen molar-refractivity contribution in [2.24, 2.45) is 0 Å². The minimum atomic E-state index is -4.66. The molecular formula is C19H30F3NO. The van der Waals surface area contributed by atoms with Crippen LogP contribution in [0, 0.1) is 0 Å². The van der Waals surface area contributed by atoms with Crippen molar-refractivity contribution in [2.45, 2.75) is 90.3 Å². The predicted molar refractivity (Wildman–Crippen MR) is 91.2 cm³/mol. The third kappa shape index (κ3) is 9.14. The standard InChI is InChI=1S/C19H30F3NO/c1-3-5-7-8-10-12-16(11-9-6-4-2)18-14-13-17(15-23-18)24-19(20,21)22/h13-16H,3-12H2,1-2H3. The maximum atomic E-state index is 12.2. The number of pyridine rings is 1. The lowest BCUT2D eigenvalue weighted by molar-refractivity contribution is -0.274. The first-order valence-electron chi connectivity index (χ1n) is 9.18. The minimum Gasteiger partial charge on any atom is -0.404 e. The molecule has 0 aliphatic carbocycles. The van der Waals surface area contributed by atoms with E-state index in [1.54, 1.807) is 6.07 Å². The minimum absolute atomic E-state index is 0.249. The number of hydrogen-bond acceptors (Lipinski definition) is 2. The molecule has 0 bridgehead atoms. The fourth-order valence-electron chi connectivity index (χ4n) is 2.90. The van der Waals surface area contributed by atoms with Gasteiger partial charge in [0.15, 0.2) is 0 Å². The summed E-state index contributed by atoms with van der Waals surface area (Å²) in [4.78, 5) is 4.23. The lowest BCUT2D eigenvalue weighted by atomic mass is 9.91. The average molecular weight is 345 g/mol. The molecule has 1 heterocycles. The summed E-state index contributed by atoms with van der Waals surface area (Å²) in [6.45, 7) is 4.36. The van der Waals surface area contributed by atoms with Crippen LogP contribution >= 0.6 is 0 Å². The van der Waals surface area contributed by atoms with Gasteiger partial charge in [-0.1, -0.05) is 65.2 Å². The molecule has 1 aromatic heterocycles. The van der Waals surface area contributed by atoms with Crippen LogP contribution in [0.2, 0.25) is 0 Å². The molecule has 24 heavy (non-hydrogen) atoms. The molecule has 138 valence electrons. The molecule has 0 fully saturated rings. The summed E-state index contributed by atoms with van der Waals surface area (Å²) < 4.78 is 40.6. The van der Waals surface area contributed by atoms with E-state index >= 15 is 0 Å². The Morgan fingerprint density at radius 3 is 2.04 bits per heavy atom. The molecule has 0 aromatic carbocycles. The summed E-state index contributed by atoms with van der Waals surface area (Å²) in [5, 5.41) is 0. The third-order valence-electron chi connectivity index (χ3n) is 4.22. The van der Waals surface area contributed by atoms with E-state index in [0.717, 1.165) is 37.8 Å². The van der Waals surface area contributed by atoms with Crippen LogP contribution < -0.4 is 4.74 Å². The summed E-state index contributed by atoms with van der Waals surface area (Å²) in [5.41, 5.74) is 0.885. The van der Waals surface area contributed by atoms with Crippen molar-refractivity contribution < 1.29 is 17.9 Å². The largest absolute Gasteiger partial charge is 0.573 e. The van der Waals surface area contributed by atoms with Gasteiger partial charge in [-0.15, -0.1) is 13.2 Å². The van der Waals surface area contributed by atoms with Gasteiger partial charge in [0, 0.05) is 11.6 Å². The quantitative estimate of drug-likeness (QED) is 0.380. The smallest absolute Gasteiger partial charge is 0.404 e. The van der Waals surface area contributed by atoms with Crippen LogP contribution in [0.15, 0.2) is 18.3 Å². The van der Waals surface area contributed by atoms with Crippen molar-refractivity contribution in [1.82, 2.24) is 4.98 Å². The van der Waals surface area contributed by atoms with Gasteiger partial charge in [-0.3, -0.25) is 4.98 Å². The van der Waals surface area contributed by atoms with Crippen LogP contribution in [-0.2, 0) is 0 Å². The van der Waals surface area contributed by atoms with E-state index in [-0.39, 0.29) is 5.75 Å². The number of aromatic nitrogens is 1. The summed E-state index contributed by atoms with van der Waals surface area (Å²) >= 11 is 0. The van der Waals surface area contributed by atoms with Crippen LogP contribution in [-0.4, -0.2) is 11.3 Å². The highest BCUT2D eigenvalue weighted by Gasteiger charge is 2.31. The number of hydrogen-bond donors (Lipinski definition) is 0.